The SMILES string of the molecule is CC1CCC(C(C)C)C(Oc2ccc(Br)cc2C(N)=S)C1. The average molecular weight is 370 g/mol. The Kier molecular flexibility index (Phi) is 5.67. The van der Waals surface area contributed by atoms with Gasteiger partial charge in [0.05, 0.1) is 5.56 Å². The summed E-state index contributed by atoms with van der Waals surface area (Å²) >= 11 is 8.62. The molecule has 1 aromatic rings. The van der Waals surface area contributed by atoms with Gasteiger partial charge in [-0.2, -0.15) is 0 Å². The third kappa shape index (κ3) is 4.19. The Balaban J connectivity index is 2.24. The summed E-state index contributed by atoms with van der Waals surface area (Å²) in [6, 6.07) is 5.89. The highest BCUT2D eigenvalue weighted by atomic mass is 79.9. The summed E-state index contributed by atoms with van der Waals surface area (Å²) in [5.74, 6) is 2.76. The van der Waals surface area contributed by atoms with Crippen LogP contribution < -0.4 is 10.5 Å². The fourth-order valence-corrected chi connectivity index (χ4v) is 3.73. The monoisotopic (exact) mass is 369 g/mol. The third-order valence-electron chi connectivity index (χ3n) is 4.45. The molecule has 4 heteroatoms. The van der Waals surface area contributed by atoms with Crippen molar-refractivity contribution < 1.29 is 4.74 Å². The van der Waals surface area contributed by atoms with E-state index in [-0.39, 0.29) is 6.10 Å². The maximum Gasteiger partial charge on any atom is 0.129 e. The van der Waals surface area contributed by atoms with Crippen molar-refractivity contribution in [3.05, 3.63) is 28.2 Å². The lowest BCUT2D eigenvalue weighted by molar-refractivity contribution is 0.0459. The molecule has 21 heavy (non-hydrogen) atoms. The fourth-order valence-electron chi connectivity index (χ4n) is 3.21. The predicted molar refractivity (Wildman–Crippen MR) is 95.8 cm³/mol. The molecule has 1 aromatic carbocycles. The number of hydrogen-bond acceptors (Lipinski definition) is 2. The molecule has 3 unspecified atom stereocenters. The van der Waals surface area contributed by atoms with Crippen molar-refractivity contribution in [3.8, 4) is 5.75 Å². The second-order valence-electron chi connectivity index (χ2n) is 6.49. The summed E-state index contributed by atoms with van der Waals surface area (Å²) < 4.78 is 7.33. The number of nitrogens with two attached hydrogens (primary N) is 1. The van der Waals surface area contributed by atoms with Gasteiger partial charge in [0.1, 0.15) is 16.8 Å². The van der Waals surface area contributed by atoms with Crippen LogP contribution in [0.2, 0.25) is 0 Å². The molecule has 0 bridgehead atoms. The molecule has 2 rings (SSSR count). The lowest BCUT2D eigenvalue weighted by atomic mass is 9.75. The minimum atomic E-state index is 0.253. The maximum absolute atomic E-state index is 6.36. The second-order valence-corrected chi connectivity index (χ2v) is 7.84. The molecule has 0 spiro atoms. The van der Waals surface area contributed by atoms with Gasteiger partial charge < -0.3 is 10.5 Å². The van der Waals surface area contributed by atoms with Gasteiger partial charge in [-0.15, -0.1) is 0 Å². The molecule has 1 saturated carbocycles. The van der Waals surface area contributed by atoms with E-state index in [1.807, 2.05) is 18.2 Å². The van der Waals surface area contributed by atoms with E-state index in [0.717, 1.165) is 22.2 Å². The first-order valence-corrected chi connectivity index (χ1v) is 8.84. The molecule has 2 N–H and O–H groups in total. The van der Waals surface area contributed by atoms with E-state index < -0.39 is 0 Å². The predicted octanol–water partition coefficient (Wildman–Crippen LogP) is 4.92. The van der Waals surface area contributed by atoms with Crippen molar-refractivity contribution in [3.63, 3.8) is 0 Å². The molecule has 1 aliphatic rings. The van der Waals surface area contributed by atoms with Crippen molar-refractivity contribution in [1.82, 2.24) is 0 Å². The van der Waals surface area contributed by atoms with Crippen molar-refractivity contribution in [2.24, 2.45) is 23.5 Å². The number of halogens is 1. The van der Waals surface area contributed by atoms with E-state index in [1.165, 1.54) is 12.8 Å². The van der Waals surface area contributed by atoms with E-state index >= 15 is 0 Å². The molecular weight excluding hydrogens is 346 g/mol. The van der Waals surface area contributed by atoms with Crippen molar-refractivity contribution >= 4 is 33.1 Å². The van der Waals surface area contributed by atoms with Crippen LogP contribution in [0.3, 0.4) is 0 Å². The molecule has 0 aromatic heterocycles. The molecule has 3 atom stereocenters. The van der Waals surface area contributed by atoms with Gasteiger partial charge in [-0.05, 0) is 48.8 Å². The van der Waals surface area contributed by atoms with Gasteiger partial charge in [0, 0.05) is 4.47 Å². The van der Waals surface area contributed by atoms with Gasteiger partial charge in [0.15, 0.2) is 0 Å². The van der Waals surface area contributed by atoms with E-state index in [2.05, 4.69) is 36.7 Å². The molecule has 0 radical (unpaired) electrons. The van der Waals surface area contributed by atoms with E-state index in [4.69, 9.17) is 22.7 Å². The zero-order chi connectivity index (χ0) is 15.6. The highest BCUT2D eigenvalue weighted by Gasteiger charge is 2.32. The second kappa shape index (κ2) is 7.10. The van der Waals surface area contributed by atoms with Gasteiger partial charge in [0.25, 0.3) is 0 Å². The number of rotatable bonds is 4. The minimum absolute atomic E-state index is 0.253. The van der Waals surface area contributed by atoms with Gasteiger partial charge >= 0.3 is 0 Å². The summed E-state index contributed by atoms with van der Waals surface area (Å²) in [6.45, 7) is 6.88. The third-order valence-corrected chi connectivity index (χ3v) is 5.16. The van der Waals surface area contributed by atoms with E-state index in [9.17, 15) is 0 Å². The smallest absolute Gasteiger partial charge is 0.129 e. The summed E-state index contributed by atoms with van der Waals surface area (Å²) in [5.41, 5.74) is 6.66. The van der Waals surface area contributed by atoms with Gasteiger partial charge in [-0.3, -0.25) is 0 Å². The molecule has 0 saturated heterocycles. The Hall–Kier alpha value is -0.610. The first-order chi connectivity index (χ1) is 9.88. The van der Waals surface area contributed by atoms with Crippen LogP contribution in [-0.2, 0) is 0 Å². The summed E-state index contributed by atoms with van der Waals surface area (Å²) in [5, 5.41) is 0. The Labute approximate surface area is 141 Å². The first-order valence-electron chi connectivity index (χ1n) is 7.64. The summed E-state index contributed by atoms with van der Waals surface area (Å²) in [7, 11) is 0. The molecule has 0 amide bonds. The minimum Gasteiger partial charge on any atom is -0.489 e. The maximum atomic E-state index is 6.36. The zero-order valence-corrected chi connectivity index (χ0v) is 15.3. The first kappa shape index (κ1) is 16.8. The summed E-state index contributed by atoms with van der Waals surface area (Å²) in [4.78, 5) is 0.385. The van der Waals surface area contributed by atoms with Crippen LogP contribution in [0.4, 0.5) is 0 Å². The number of thiocarbonyl (C=S) groups is 1. The Morgan fingerprint density at radius 1 is 1.38 bits per heavy atom. The van der Waals surface area contributed by atoms with Crippen LogP contribution in [0.15, 0.2) is 22.7 Å². The molecule has 116 valence electrons. The molecule has 2 nitrogen and oxygen atoms in total. The lowest BCUT2D eigenvalue weighted by Gasteiger charge is -2.37. The quantitative estimate of drug-likeness (QED) is 0.764. The molecular formula is C17H24BrNOS. The van der Waals surface area contributed by atoms with Crippen molar-refractivity contribution in [2.45, 2.75) is 46.1 Å². The van der Waals surface area contributed by atoms with Gasteiger partial charge in [0.2, 0.25) is 0 Å². The molecule has 1 aliphatic carbocycles. The van der Waals surface area contributed by atoms with Crippen LogP contribution in [0, 0.1) is 17.8 Å². The standard InChI is InChI=1S/C17H24BrNOS/c1-10(2)13-6-4-11(3)8-16(13)20-15-7-5-12(18)9-14(15)17(19)21/h5,7,9-11,13,16H,4,6,8H2,1-3H3,(H2,19,21). The Morgan fingerprint density at radius 3 is 2.71 bits per heavy atom. The van der Waals surface area contributed by atoms with Crippen LogP contribution in [0.1, 0.15) is 45.6 Å². The Morgan fingerprint density at radius 2 is 2.10 bits per heavy atom. The highest BCUT2D eigenvalue weighted by molar-refractivity contribution is 9.10. The topological polar surface area (TPSA) is 35.2 Å². The zero-order valence-electron chi connectivity index (χ0n) is 12.9. The van der Waals surface area contributed by atoms with Crippen LogP contribution in [0.25, 0.3) is 0 Å². The van der Waals surface area contributed by atoms with Gasteiger partial charge in [-0.25, -0.2) is 0 Å². The number of hydrogen-bond donors (Lipinski definition) is 1. The summed E-state index contributed by atoms with van der Waals surface area (Å²) in [6.07, 6.45) is 3.89. The largest absolute Gasteiger partial charge is 0.489 e. The van der Waals surface area contributed by atoms with Crippen LogP contribution in [0.5, 0.6) is 5.75 Å². The molecule has 0 aliphatic heterocycles. The fraction of sp³-hybridized carbons (Fsp3) is 0.588. The molecule has 0 heterocycles. The number of ether oxygens (including phenoxy) is 1. The lowest BCUT2D eigenvalue weighted by Crippen LogP contribution is -2.36. The van der Waals surface area contributed by atoms with E-state index in [0.29, 0.717) is 22.7 Å². The van der Waals surface area contributed by atoms with E-state index in [1.54, 1.807) is 0 Å². The van der Waals surface area contributed by atoms with Crippen molar-refractivity contribution in [2.75, 3.05) is 0 Å². The van der Waals surface area contributed by atoms with Crippen molar-refractivity contribution in [1.29, 1.82) is 0 Å². The number of benzene rings is 1. The highest BCUT2D eigenvalue weighted by Crippen LogP contribution is 2.37. The average Bonchev–Trinajstić information content (AvgIpc) is 2.40. The molecule has 1 fully saturated rings. The van der Waals surface area contributed by atoms with Crippen LogP contribution in [-0.4, -0.2) is 11.1 Å². The normalized spacial score (nSPS) is 25.9. The van der Waals surface area contributed by atoms with Gasteiger partial charge in [-0.1, -0.05) is 55.3 Å². The van der Waals surface area contributed by atoms with Crippen LogP contribution >= 0.6 is 28.1 Å². The Bertz CT molecular complexity index is 518.